The maximum Gasteiger partial charge on any atom is 0.255 e. The number of carbonyl (C=O) groups is 2. The first-order valence-electron chi connectivity index (χ1n) is 9.25. The van der Waals surface area contributed by atoms with Crippen LogP contribution in [0.25, 0.3) is 0 Å². The molecule has 0 aliphatic rings. The van der Waals surface area contributed by atoms with Gasteiger partial charge >= 0.3 is 0 Å². The third-order valence-electron chi connectivity index (χ3n) is 4.38. The number of ether oxygens (including phenoxy) is 1. The summed E-state index contributed by atoms with van der Waals surface area (Å²) in [7, 11) is -1.86. The first-order chi connectivity index (χ1) is 13.7. The van der Waals surface area contributed by atoms with Crippen LogP contribution in [0.5, 0.6) is 5.75 Å². The van der Waals surface area contributed by atoms with E-state index in [0.29, 0.717) is 11.4 Å². The van der Waals surface area contributed by atoms with Crippen LogP contribution in [0.2, 0.25) is 0 Å². The van der Waals surface area contributed by atoms with Crippen molar-refractivity contribution in [1.82, 2.24) is 5.32 Å². The number of sulfone groups is 1. The second-order valence-corrected chi connectivity index (χ2v) is 8.94. The summed E-state index contributed by atoms with van der Waals surface area (Å²) in [6.45, 7) is 2.03. The minimum absolute atomic E-state index is 0.0431. The molecule has 0 fully saturated rings. The van der Waals surface area contributed by atoms with Gasteiger partial charge in [-0.3, -0.25) is 9.59 Å². The Morgan fingerprint density at radius 2 is 1.72 bits per heavy atom. The van der Waals surface area contributed by atoms with E-state index in [1.807, 2.05) is 19.1 Å². The van der Waals surface area contributed by atoms with Crippen molar-refractivity contribution < 1.29 is 22.7 Å². The fourth-order valence-electron chi connectivity index (χ4n) is 2.72. The van der Waals surface area contributed by atoms with Crippen molar-refractivity contribution in [3.63, 3.8) is 0 Å². The third kappa shape index (κ3) is 6.90. The Kier molecular flexibility index (Phi) is 7.78. The van der Waals surface area contributed by atoms with E-state index < -0.39 is 27.7 Å². The van der Waals surface area contributed by atoms with Gasteiger partial charge in [0.05, 0.1) is 18.4 Å². The molecular weight excluding hydrogens is 392 g/mol. The summed E-state index contributed by atoms with van der Waals surface area (Å²) in [5.74, 6) is -0.868. The van der Waals surface area contributed by atoms with Gasteiger partial charge in [0, 0.05) is 11.9 Å². The van der Waals surface area contributed by atoms with Crippen molar-refractivity contribution in [3.05, 3.63) is 59.7 Å². The smallest absolute Gasteiger partial charge is 0.255 e. The zero-order valence-corrected chi connectivity index (χ0v) is 17.6. The predicted molar refractivity (Wildman–Crippen MR) is 113 cm³/mol. The Morgan fingerprint density at radius 3 is 2.31 bits per heavy atom. The average Bonchev–Trinajstić information content (AvgIpc) is 2.70. The van der Waals surface area contributed by atoms with Crippen molar-refractivity contribution in [3.8, 4) is 5.75 Å². The van der Waals surface area contributed by atoms with E-state index in [2.05, 4.69) is 10.6 Å². The maximum atomic E-state index is 12.8. The first-order valence-corrected chi connectivity index (χ1v) is 11.3. The number of anilines is 1. The third-order valence-corrected chi connectivity index (χ3v) is 5.36. The second-order valence-electron chi connectivity index (χ2n) is 6.68. The number of benzene rings is 2. The second kappa shape index (κ2) is 10.1. The molecule has 0 bridgehead atoms. The van der Waals surface area contributed by atoms with Gasteiger partial charge in [-0.15, -0.1) is 0 Å². The minimum atomic E-state index is -3.30. The fraction of sp³-hybridized carbons (Fsp3) is 0.333. The Balaban J connectivity index is 2.18. The number of hydrogen-bond acceptors (Lipinski definition) is 5. The van der Waals surface area contributed by atoms with Gasteiger partial charge in [0.1, 0.15) is 21.6 Å². The molecule has 0 aliphatic carbocycles. The fourth-order valence-corrected chi connectivity index (χ4v) is 3.39. The van der Waals surface area contributed by atoms with Crippen LogP contribution < -0.4 is 15.4 Å². The zero-order chi connectivity index (χ0) is 21.4. The molecule has 7 nitrogen and oxygen atoms in total. The van der Waals surface area contributed by atoms with Crippen LogP contribution >= 0.6 is 0 Å². The van der Waals surface area contributed by atoms with Gasteiger partial charge in [0.25, 0.3) is 5.91 Å². The largest absolute Gasteiger partial charge is 0.496 e. The number of hydrogen-bond donors (Lipinski definition) is 2. The number of carbonyl (C=O) groups excluding carboxylic acids is 2. The molecule has 0 radical (unpaired) electrons. The monoisotopic (exact) mass is 418 g/mol. The number of aryl methyl sites for hydroxylation is 1. The van der Waals surface area contributed by atoms with Crippen LogP contribution in [-0.4, -0.2) is 45.4 Å². The Labute approximate surface area is 171 Å². The van der Waals surface area contributed by atoms with Crippen molar-refractivity contribution in [1.29, 1.82) is 0 Å². The highest BCUT2D eigenvalue weighted by Gasteiger charge is 2.24. The molecule has 2 aromatic rings. The molecular formula is C21H26N2O5S. The molecule has 0 heterocycles. The molecule has 29 heavy (non-hydrogen) atoms. The summed E-state index contributed by atoms with van der Waals surface area (Å²) in [5.41, 5.74) is 1.96. The number of methoxy groups -OCH3 is 1. The molecule has 156 valence electrons. The number of rotatable bonds is 9. The van der Waals surface area contributed by atoms with Crippen LogP contribution in [0.1, 0.15) is 29.3 Å². The quantitative estimate of drug-likeness (QED) is 0.651. The lowest BCUT2D eigenvalue weighted by Gasteiger charge is -2.19. The maximum absolute atomic E-state index is 12.8. The van der Waals surface area contributed by atoms with Crippen LogP contribution in [0.3, 0.4) is 0 Å². The molecule has 8 heteroatoms. The summed E-state index contributed by atoms with van der Waals surface area (Å²) < 4.78 is 28.3. The minimum Gasteiger partial charge on any atom is -0.496 e. The van der Waals surface area contributed by atoms with Crippen molar-refractivity contribution in [2.24, 2.45) is 0 Å². The molecule has 0 spiro atoms. The normalized spacial score (nSPS) is 12.1. The van der Waals surface area contributed by atoms with Gasteiger partial charge in [-0.2, -0.15) is 0 Å². The predicted octanol–water partition coefficient (Wildman–Crippen LogP) is 2.43. The molecule has 2 aromatic carbocycles. The first kappa shape index (κ1) is 22.4. The molecule has 0 aliphatic heterocycles. The van der Waals surface area contributed by atoms with Crippen molar-refractivity contribution in [2.75, 3.05) is 24.4 Å². The van der Waals surface area contributed by atoms with E-state index >= 15 is 0 Å². The standard InChI is InChI=1S/C21H26N2O5S/c1-4-15-9-11-16(12-10-15)22-21(25)18(13-14-29(3,26)27)23-20(24)17-7-5-6-8-19(17)28-2/h5-12,18H,4,13-14H2,1-3H3,(H,22,25)(H,23,24)/t18-/m0/s1. The molecule has 2 amide bonds. The summed E-state index contributed by atoms with van der Waals surface area (Å²) in [4.78, 5) is 25.4. The Bertz CT molecular complexity index is 955. The molecule has 1 atom stereocenters. The van der Waals surface area contributed by atoms with Gasteiger partial charge in [0.15, 0.2) is 0 Å². The van der Waals surface area contributed by atoms with E-state index in [1.165, 1.54) is 7.11 Å². The Hall–Kier alpha value is -2.87. The number of para-hydroxylation sites is 1. The van der Waals surface area contributed by atoms with E-state index in [0.717, 1.165) is 18.2 Å². The molecule has 2 rings (SSSR count). The lowest BCUT2D eigenvalue weighted by molar-refractivity contribution is -0.118. The lowest BCUT2D eigenvalue weighted by atomic mass is 10.1. The summed E-state index contributed by atoms with van der Waals surface area (Å²) in [5, 5.41) is 5.36. The van der Waals surface area contributed by atoms with E-state index in [4.69, 9.17) is 4.74 Å². The average molecular weight is 419 g/mol. The highest BCUT2D eigenvalue weighted by Crippen LogP contribution is 2.18. The van der Waals surface area contributed by atoms with Crippen LogP contribution in [0.15, 0.2) is 48.5 Å². The van der Waals surface area contributed by atoms with Gasteiger partial charge in [-0.25, -0.2) is 8.42 Å². The molecule has 0 saturated carbocycles. The zero-order valence-electron chi connectivity index (χ0n) is 16.8. The number of amides is 2. The summed E-state index contributed by atoms with van der Waals surface area (Å²) in [6.07, 6.45) is 1.92. The van der Waals surface area contributed by atoms with E-state index in [1.54, 1.807) is 36.4 Å². The van der Waals surface area contributed by atoms with Crippen molar-refractivity contribution in [2.45, 2.75) is 25.8 Å². The molecule has 2 N–H and O–H groups in total. The van der Waals surface area contributed by atoms with Gasteiger partial charge in [0.2, 0.25) is 5.91 Å². The molecule has 0 aromatic heterocycles. The SMILES string of the molecule is CCc1ccc(NC(=O)[C@H](CCS(C)(=O)=O)NC(=O)c2ccccc2OC)cc1. The van der Waals surface area contributed by atoms with Crippen molar-refractivity contribution >= 4 is 27.3 Å². The number of nitrogens with one attached hydrogen (secondary N) is 2. The van der Waals surface area contributed by atoms with Gasteiger partial charge in [-0.05, 0) is 42.7 Å². The lowest BCUT2D eigenvalue weighted by Crippen LogP contribution is -2.44. The summed E-state index contributed by atoms with van der Waals surface area (Å²) >= 11 is 0. The van der Waals surface area contributed by atoms with E-state index in [9.17, 15) is 18.0 Å². The van der Waals surface area contributed by atoms with Gasteiger partial charge in [-0.1, -0.05) is 31.2 Å². The Morgan fingerprint density at radius 1 is 1.07 bits per heavy atom. The van der Waals surface area contributed by atoms with E-state index in [-0.39, 0.29) is 17.7 Å². The highest BCUT2D eigenvalue weighted by molar-refractivity contribution is 7.90. The topological polar surface area (TPSA) is 102 Å². The molecule has 0 saturated heterocycles. The van der Waals surface area contributed by atoms with Crippen LogP contribution in [0.4, 0.5) is 5.69 Å². The summed E-state index contributed by atoms with van der Waals surface area (Å²) in [6, 6.07) is 12.9. The van der Waals surface area contributed by atoms with Crippen LogP contribution in [-0.2, 0) is 21.1 Å². The molecule has 0 unspecified atom stereocenters. The van der Waals surface area contributed by atoms with Gasteiger partial charge < -0.3 is 15.4 Å². The highest BCUT2D eigenvalue weighted by atomic mass is 32.2. The van der Waals surface area contributed by atoms with Crippen LogP contribution in [0, 0.1) is 0 Å².